The van der Waals surface area contributed by atoms with Gasteiger partial charge in [0.2, 0.25) is 0 Å². The number of rotatable bonds is 4. The molecule has 0 saturated heterocycles. The summed E-state index contributed by atoms with van der Waals surface area (Å²) in [5.74, 6) is 3.01. The molecule has 1 aliphatic rings. The largest absolute Gasteiger partial charge is 0.496 e. The van der Waals surface area contributed by atoms with Crippen molar-refractivity contribution in [1.29, 1.82) is 0 Å². The number of anilines is 1. The Kier molecular flexibility index (Phi) is 3.99. The van der Waals surface area contributed by atoms with E-state index in [2.05, 4.69) is 6.07 Å². The topological polar surface area (TPSA) is 35.2 Å². The van der Waals surface area contributed by atoms with Gasteiger partial charge in [-0.3, -0.25) is 0 Å². The van der Waals surface area contributed by atoms with E-state index in [1.165, 1.54) is 36.3 Å². The Morgan fingerprint density at radius 1 is 1.38 bits per heavy atom. The molecule has 0 aromatic heterocycles. The first-order chi connectivity index (χ1) is 7.79. The average molecular weight is 237 g/mol. The highest BCUT2D eigenvalue weighted by atomic mass is 32.2. The Balaban J connectivity index is 1.97. The number of hydrogen-bond acceptors (Lipinski definition) is 3. The summed E-state index contributed by atoms with van der Waals surface area (Å²) in [7, 11) is 1.70. The summed E-state index contributed by atoms with van der Waals surface area (Å²) in [6, 6.07) is 5.91. The summed E-state index contributed by atoms with van der Waals surface area (Å²) in [6.45, 7) is 0. The summed E-state index contributed by atoms with van der Waals surface area (Å²) in [5.41, 5.74) is 6.50. The summed E-state index contributed by atoms with van der Waals surface area (Å²) < 4.78 is 5.34. The molecule has 0 amide bonds. The number of ether oxygens (including phenoxy) is 1. The fourth-order valence-electron chi connectivity index (χ4n) is 2.19. The predicted molar refractivity (Wildman–Crippen MR) is 70.1 cm³/mol. The molecule has 88 valence electrons. The SMILES string of the molecule is COc1cc(N)ccc1SCC1CCCC1. The van der Waals surface area contributed by atoms with Gasteiger partial charge in [0, 0.05) is 22.4 Å². The Morgan fingerprint density at radius 2 is 2.12 bits per heavy atom. The van der Waals surface area contributed by atoms with Gasteiger partial charge >= 0.3 is 0 Å². The molecule has 0 bridgehead atoms. The van der Waals surface area contributed by atoms with E-state index in [-0.39, 0.29) is 0 Å². The van der Waals surface area contributed by atoms with E-state index in [0.29, 0.717) is 0 Å². The summed E-state index contributed by atoms with van der Waals surface area (Å²) in [5, 5.41) is 0. The van der Waals surface area contributed by atoms with Gasteiger partial charge in [-0.15, -0.1) is 11.8 Å². The van der Waals surface area contributed by atoms with Gasteiger partial charge in [0.05, 0.1) is 7.11 Å². The molecule has 0 atom stereocenters. The molecule has 0 aliphatic heterocycles. The van der Waals surface area contributed by atoms with Crippen LogP contribution in [0.3, 0.4) is 0 Å². The highest BCUT2D eigenvalue weighted by molar-refractivity contribution is 7.99. The lowest BCUT2D eigenvalue weighted by Crippen LogP contribution is -1.97. The Labute approximate surface area is 102 Å². The minimum absolute atomic E-state index is 0.766. The lowest BCUT2D eigenvalue weighted by Gasteiger charge is -2.11. The fraction of sp³-hybridized carbons (Fsp3) is 0.538. The van der Waals surface area contributed by atoms with Crippen molar-refractivity contribution in [1.82, 2.24) is 0 Å². The van der Waals surface area contributed by atoms with E-state index >= 15 is 0 Å². The average Bonchev–Trinajstić information content (AvgIpc) is 2.80. The quantitative estimate of drug-likeness (QED) is 0.642. The lowest BCUT2D eigenvalue weighted by atomic mass is 10.1. The van der Waals surface area contributed by atoms with E-state index in [1.807, 2.05) is 23.9 Å². The Morgan fingerprint density at radius 3 is 2.81 bits per heavy atom. The number of thioether (sulfide) groups is 1. The van der Waals surface area contributed by atoms with E-state index in [4.69, 9.17) is 10.5 Å². The summed E-state index contributed by atoms with van der Waals surface area (Å²) >= 11 is 1.90. The molecular weight excluding hydrogens is 218 g/mol. The van der Waals surface area contributed by atoms with Crippen molar-refractivity contribution >= 4 is 17.4 Å². The van der Waals surface area contributed by atoms with Gasteiger partial charge in [0.15, 0.2) is 0 Å². The van der Waals surface area contributed by atoms with Crippen LogP contribution in [-0.4, -0.2) is 12.9 Å². The van der Waals surface area contributed by atoms with E-state index in [1.54, 1.807) is 7.11 Å². The van der Waals surface area contributed by atoms with Gasteiger partial charge in [-0.2, -0.15) is 0 Å². The highest BCUT2D eigenvalue weighted by Gasteiger charge is 2.16. The number of nitrogen functional groups attached to an aromatic ring is 1. The van der Waals surface area contributed by atoms with Crippen LogP contribution < -0.4 is 10.5 Å². The lowest BCUT2D eigenvalue weighted by molar-refractivity contribution is 0.405. The van der Waals surface area contributed by atoms with Crippen LogP contribution in [0.1, 0.15) is 25.7 Å². The van der Waals surface area contributed by atoms with Crippen molar-refractivity contribution in [3.63, 3.8) is 0 Å². The maximum Gasteiger partial charge on any atom is 0.134 e. The second-order valence-electron chi connectivity index (χ2n) is 4.37. The van der Waals surface area contributed by atoms with E-state index in [9.17, 15) is 0 Å². The molecule has 0 spiro atoms. The molecule has 1 saturated carbocycles. The van der Waals surface area contributed by atoms with Crippen LogP contribution in [0.5, 0.6) is 5.75 Å². The second-order valence-corrected chi connectivity index (χ2v) is 5.43. The van der Waals surface area contributed by atoms with Gasteiger partial charge in [-0.1, -0.05) is 12.8 Å². The van der Waals surface area contributed by atoms with Crippen molar-refractivity contribution in [2.24, 2.45) is 5.92 Å². The standard InChI is InChI=1S/C13H19NOS/c1-15-12-8-11(14)6-7-13(12)16-9-10-4-2-3-5-10/h6-8,10H,2-5,9,14H2,1H3. The van der Waals surface area contributed by atoms with Crippen LogP contribution in [0.15, 0.2) is 23.1 Å². The monoisotopic (exact) mass is 237 g/mol. The maximum absolute atomic E-state index is 5.73. The Hall–Kier alpha value is -0.830. The third-order valence-corrected chi connectivity index (χ3v) is 4.42. The number of nitrogens with two attached hydrogens (primary N) is 1. The predicted octanol–water partition coefficient (Wildman–Crippen LogP) is 3.56. The molecule has 1 aromatic rings. The normalized spacial score (nSPS) is 16.6. The number of benzene rings is 1. The molecule has 0 heterocycles. The number of hydrogen-bond donors (Lipinski definition) is 1. The van der Waals surface area contributed by atoms with Crippen LogP contribution in [0, 0.1) is 5.92 Å². The van der Waals surface area contributed by atoms with Crippen LogP contribution in [0.2, 0.25) is 0 Å². The zero-order chi connectivity index (χ0) is 11.4. The fourth-order valence-corrected chi connectivity index (χ4v) is 3.39. The van der Waals surface area contributed by atoms with Crippen molar-refractivity contribution in [3.8, 4) is 5.75 Å². The van der Waals surface area contributed by atoms with E-state index < -0.39 is 0 Å². The first-order valence-corrected chi connectivity index (χ1v) is 6.84. The molecular formula is C13H19NOS. The third kappa shape index (κ3) is 2.85. The highest BCUT2D eigenvalue weighted by Crippen LogP contribution is 2.35. The zero-order valence-corrected chi connectivity index (χ0v) is 10.6. The third-order valence-electron chi connectivity index (χ3n) is 3.14. The van der Waals surface area contributed by atoms with Gasteiger partial charge in [-0.05, 0) is 30.9 Å². The zero-order valence-electron chi connectivity index (χ0n) is 9.74. The molecule has 1 aromatic carbocycles. The first-order valence-electron chi connectivity index (χ1n) is 5.86. The van der Waals surface area contributed by atoms with Gasteiger partial charge < -0.3 is 10.5 Å². The minimum Gasteiger partial charge on any atom is -0.496 e. The van der Waals surface area contributed by atoms with E-state index in [0.717, 1.165) is 17.4 Å². The number of methoxy groups -OCH3 is 1. The van der Waals surface area contributed by atoms with Crippen LogP contribution >= 0.6 is 11.8 Å². The van der Waals surface area contributed by atoms with Gasteiger partial charge in [-0.25, -0.2) is 0 Å². The Bertz CT molecular complexity index is 348. The van der Waals surface area contributed by atoms with Crippen LogP contribution in [0.25, 0.3) is 0 Å². The smallest absolute Gasteiger partial charge is 0.134 e. The van der Waals surface area contributed by atoms with Crippen molar-refractivity contribution in [3.05, 3.63) is 18.2 Å². The molecule has 3 heteroatoms. The molecule has 0 radical (unpaired) electrons. The molecule has 0 unspecified atom stereocenters. The molecule has 16 heavy (non-hydrogen) atoms. The summed E-state index contributed by atoms with van der Waals surface area (Å²) in [4.78, 5) is 1.21. The second kappa shape index (κ2) is 5.48. The summed E-state index contributed by atoms with van der Waals surface area (Å²) in [6.07, 6.45) is 5.60. The molecule has 1 fully saturated rings. The molecule has 2 rings (SSSR count). The van der Waals surface area contributed by atoms with Crippen molar-refractivity contribution < 1.29 is 4.74 Å². The molecule has 1 aliphatic carbocycles. The molecule has 2 nitrogen and oxygen atoms in total. The van der Waals surface area contributed by atoms with Gasteiger partial charge in [0.1, 0.15) is 5.75 Å². The molecule has 2 N–H and O–H groups in total. The van der Waals surface area contributed by atoms with Crippen LogP contribution in [-0.2, 0) is 0 Å². The van der Waals surface area contributed by atoms with Crippen molar-refractivity contribution in [2.75, 3.05) is 18.6 Å². The minimum atomic E-state index is 0.766. The van der Waals surface area contributed by atoms with Crippen molar-refractivity contribution in [2.45, 2.75) is 30.6 Å². The van der Waals surface area contributed by atoms with Gasteiger partial charge in [0.25, 0.3) is 0 Å². The maximum atomic E-state index is 5.73. The van der Waals surface area contributed by atoms with Crippen LogP contribution in [0.4, 0.5) is 5.69 Å². The first kappa shape index (κ1) is 11.6.